The van der Waals surface area contributed by atoms with Crippen LogP contribution in [0.1, 0.15) is 37.7 Å². The number of piperidine rings is 1. The van der Waals surface area contributed by atoms with Crippen molar-refractivity contribution in [1.29, 1.82) is 0 Å². The lowest BCUT2D eigenvalue weighted by Crippen LogP contribution is -2.42. The first-order chi connectivity index (χ1) is 10.2. The number of methoxy groups -OCH3 is 2. The molecule has 0 amide bonds. The Morgan fingerprint density at radius 2 is 2.05 bits per heavy atom. The first-order valence-electron chi connectivity index (χ1n) is 7.78. The summed E-state index contributed by atoms with van der Waals surface area (Å²) in [4.78, 5) is 2.58. The minimum Gasteiger partial charge on any atom is -0.493 e. The predicted molar refractivity (Wildman–Crippen MR) is 87.4 cm³/mol. The molecule has 0 spiro atoms. The lowest BCUT2D eigenvalue weighted by Gasteiger charge is -2.39. The minimum absolute atomic E-state index is 0.553. The van der Waals surface area contributed by atoms with E-state index in [-0.39, 0.29) is 0 Å². The third kappa shape index (κ3) is 3.59. The van der Waals surface area contributed by atoms with Crippen molar-refractivity contribution in [3.63, 3.8) is 0 Å². The van der Waals surface area contributed by atoms with Gasteiger partial charge in [0.25, 0.3) is 0 Å². The van der Waals surface area contributed by atoms with Crippen molar-refractivity contribution in [2.75, 3.05) is 27.3 Å². The van der Waals surface area contributed by atoms with Crippen molar-refractivity contribution in [1.82, 2.24) is 4.90 Å². The maximum Gasteiger partial charge on any atom is 0.160 e. The monoisotopic (exact) mass is 289 g/mol. The topological polar surface area (TPSA) is 21.7 Å². The van der Waals surface area contributed by atoms with E-state index < -0.39 is 0 Å². The summed E-state index contributed by atoms with van der Waals surface area (Å²) < 4.78 is 10.8. The van der Waals surface area contributed by atoms with Crippen LogP contribution in [0, 0.1) is 0 Å². The summed E-state index contributed by atoms with van der Waals surface area (Å²) in [6.07, 6.45) is 5.55. The van der Waals surface area contributed by atoms with E-state index >= 15 is 0 Å². The van der Waals surface area contributed by atoms with Crippen molar-refractivity contribution < 1.29 is 9.47 Å². The molecule has 0 radical (unpaired) electrons. The fourth-order valence-corrected chi connectivity index (χ4v) is 3.31. The molecule has 0 saturated carbocycles. The van der Waals surface area contributed by atoms with E-state index in [1.54, 1.807) is 14.2 Å². The van der Waals surface area contributed by atoms with E-state index in [9.17, 15) is 0 Å². The maximum absolute atomic E-state index is 5.44. The van der Waals surface area contributed by atoms with Crippen molar-refractivity contribution in [2.45, 2.75) is 38.1 Å². The Morgan fingerprint density at radius 3 is 2.71 bits per heavy atom. The van der Waals surface area contributed by atoms with Gasteiger partial charge in [-0.3, -0.25) is 4.90 Å². The Bertz CT molecular complexity index is 472. The molecule has 1 aliphatic heterocycles. The second-order valence-electron chi connectivity index (χ2n) is 5.72. The molecule has 1 aromatic carbocycles. The molecule has 0 N–H and O–H groups in total. The molecule has 0 aromatic heterocycles. The number of hydrogen-bond donors (Lipinski definition) is 0. The van der Waals surface area contributed by atoms with E-state index in [4.69, 9.17) is 9.47 Å². The van der Waals surface area contributed by atoms with Crippen LogP contribution in [0.3, 0.4) is 0 Å². The summed E-state index contributed by atoms with van der Waals surface area (Å²) in [6, 6.07) is 6.89. The number of ether oxygens (including phenoxy) is 2. The van der Waals surface area contributed by atoms with Crippen molar-refractivity contribution in [3.05, 3.63) is 36.4 Å². The molecule has 116 valence electrons. The Kier molecular flexibility index (Phi) is 5.68. The smallest absolute Gasteiger partial charge is 0.160 e. The van der Waals surface area contributed by atoms with E-state index in [1.807, 2.05) is 12.1 Å². The molecule has 1 aliphatic rings. The standard InChI is InChI=1S/C18H27NO2/c1-5-6-11-19-12-7-8-16(14(19)2)15-9-10-17(20-3)18(13-15)21-4/h5,9-10,13-14,16H,1,6-8,11-12H2,2-4H3. The first-order valence-corrected chi connectivity index (χ1v) is 7.78. The zero-order valence-corrected chi connectivity index (χ0v) is 13.5. The Labute approximate surface area is 128 Å². The van der Waals surface area contributed by atoms with Gasteiger partial charge in [-0.2, -0.15) is 0 Å². The third-order valence-corrected chi connectivity index (χ3v) is 4.57. The molecule has 0 bridgehead atoms. The highest BCUT2D eigenvalue weighted by atomic mass is 16.5. The molecule has 2 rings (SSSR count). The second-order valence-corrected chi connectivity index (χ2v) is 5.72. The average Bonchev–Trinajstić information content (AvgIpc) is 2.53. The molecule has 1 fully saturated rings. The Morgan fingerprint density at radius 1 is 1.29 bits per heavy atom. The van der Waals surface area contributed by atoms with Gasteiger partial charge in [0.05, 0.1) is 14.2 Å². The second kappa shape index (κ2) is 7.51. The van der Waals surface area contributed by atoms with Gasteiger partial charge in [0.1, 0.15) is 0 Å². The van der Waals surface area contributed by atoms with E-state index in [0.717, 1.165) is 24.5 Å². The molecule has 0 aliphatic carbocycles. The Hall–Kier alpha value is -1.48. The number of nitrogens with zero attached hydrogens (tertiary/aromatic N) is 1. The van der Waals surface area contributed by atoms with Gasteiger partial charge in [0, 0.05) is 12.6 Å². The number of hydrogen-bond acceptors (Lipinski definition) is 3. The van der Waals surface area contributed by atoms with Crippen LogP contribution in [-0.2, 0) is 0 Å². The van der Waals surface area contributed by atoms with Gasteiger partial charge in [-0.15, -0.1) is 6.58 Å². The summed E-state index contributed by atoms with van der Waals surface area (Å²) in [6.45, 7) is 8.47. The molecule has 3 nitrogen and oxygen atoms in total. The van der Waals surface area contributed by atoms with Gasteiger partial charge in [0.15, 0.2) is 11.5 Å². The SMILES string of the molecule is C=CCCN1CCCC(c2ccc(OC)c(OC)c2)C1C. The van der Waals surface area contributed by atoms with Gasteiger partial charge in [-0.25, -0.2) is 0 Å². The fourth-order valence-electron chi connectivity index (χ4n) is 3.31. The van der Waals surface area contributed by atoms with Gasteiger partial charge >= 0.3 is 0 Å². The molecular formula is C18H27NO2. The molecule has 1 aromatic rings. The van der Waals surface area contributed by atoms with Crippen LogP contribution in [0.5, 0.6) is 11.5 Å². The van der Waals surface area contributed by atoms with Gasteiger partial charge in [-0.05, 0) is 56.3 Å². The number of benzene rings is 1. The number of rotatable bonds is 6. The van der Waals surface area contributed by atoms with E-state index in [2.05, 4.69) is 30.5 Å². The molecule has 2 atom stereocenters. The lowest BCUT2D eigenvalue weighted by molar-refractivity contribution is 0.141. The highest BCUT2D eigenvalue weighted by molar-refractivity contribution is 5.44. The number of likely N-dealkylation sites (tertiary alicyclic amines) is 1. The van der Waals surface area contributed by atoms with Gasteiger partial charge in [0.2, 0.25) is 0 Å². The van der Waals surface area contributed by atoms with E-state index in [0.29, 0.717) is 12.0 Å². The predicted octanol–water partition coefficient (Wildman–Crippen LogP) is 3.85. The summed E-state index contributed by atoms with van der Waals surface area (Å²) in [5.74, 6) is 2.18. The largest absolute Gasteiger partial charge is 0.493 e. The van der Waals surface area contributed by atoms with Crippen LogP contribution >= 0.6 is 0 Å². The third-order valence-electron chi connectivity index (χ3n) is 4.57. The lowest BCUT2D eigenvalue weighted by atomic mass is 9.84. The van der Waals surface area contributed by atoms with Crippen LogP contribution in [0.15, 0.2) is 30.9 Å². The molecule has 2 unspecified atom stereocenters. The summed E-state index contributed by atoms with van der Waals surface area (Å²) in [7, 11) is 3.38. The van der Waals surface area contributed by atoms with Crippen molar-refractivity contribution in [2.24, 2.45) is 0 Å². The van der Waals surface area contributed by atoms with Crippen LogP contribution in [0.2, 0.25) is 0 Å². The first kappa shape index (κ1) is 15.9. The van der Waals surface area contributed by atoms with Gasteiger partial charge < -0.3 is 9.47 Å². The minimum atomic E-state index is 0.553. The van der Waals surface area contributed by atoms with Gasteiger partial charge in [-0.1, -0.05) is 12.1 Å². The van der Waals surface area contributed by atoms with Crippen LogP contribution in [0.25, 0.3) is 0 Å². The highest BCUT2D eigenvalue weighted by Crippen LogP contribution is 2.37. The van der Waals surface area contributed by atoms with Crippen molar-refractivity contribution in [3.8, 4) is 11.5 Å². The van der Waals surface area contributed by atoms with Crippen LogP contribution < -0.4 is 9.47 Å². The normalized spacial score (nSPS) is 22.8. The van der Waals surface area contributed by atoms with Crippen LogP contribution in [0.4, 0.5) is 0 Å². The molecule has 1 saturated heterocycles. The summed E-state index contributed by atoms with van der Waals surface area (Å²) >= 11 is 0. The van der Waals surface area contributed by atoms with Crippen LogP contribution in [-0.4, -0.2) is 38.3 Å². The Balaban J connectivity index is 2.18. The van der Waals surface area contributed by atoms with E-state index in [1.165, 1.54) is 24.9 Å². The van der Waals surface area contributed by atoms with Crippen molar-refractivity contribution >= 4 is 0 Å². The molecule has 1 heterocycles. The quantitative estimate of drug-likeness (QED) is 0.743. The fraction of sp³-hybridized carbons (Fsp3) is 0.556. The molecule has 3 heteroatoms. The average molecular weight is 289 g/mol. The zero-order chi connectivity index (χ0) is 15.2. The molecular weight excluding hydrogens is 262 g/mol. The zero-order valence-electron chi connectivity index (χ0n) is 13.5. The highest BCUT2D eigenvalue weighted by Gasteiger charge is 2.29. The summed E-state index contributed by atoms with van der Waals surface area (Å²) in [5.41, 5.74) is 1.35. The summed E-state index contributed by atoms with van der Waals surface area (Å²) in [5, 5.41) is 0. The molecule has 21 heavy (non-hydrogen) atoms. The maximum atomic E-state index is 5.44.